The highest BCUT2D eigenvalue weighted by Crippen LogP contribution is 2.19. The van der Waals surface area contributed by atoms with Crippen LogP contribution in [0.3, 0.4) is 0 Å². The number of hydrogen-bond donors (Lipinski definition) is 0. The zero-order valence-electron chi connectivity index (χ0n) is 11.8. The predicted octanol–water partition coefficient (Wildman–Crippen LogP) is 3.66. The third-order valence-electron chi connectivity index (χ3n) is 1.64. The van der Waals surface area contributed by atoms with Crippen LogP contribution in [-0.4, -0.2) is 35.9 Å². The Labute approximate surface area is 101 Å². The Balaban J connectivity index is -0.000000208. The van der Waals surface area contributed by atoms with Crippen molar-refractivity contribution >= 4 is 17.7 Å². The largest absolute Gasteiger partial charge is 0.345 e. The van der Waals surface area contributed by atoms with Crippen LogP contribution < -0.4 is 0 Å². The second-order valence-electron chi connectivity index (χ2n) is 2.34. The molecule has 0 spiro atoms. The van der Waals surface area contributed by atoms with Crippen molar-refractivity contribution in [2.45, 2.75) is 53.2 Å². The van der Waals surface area contributed by atoms with E-state index >= 15 is 0 Å². The maximum Gasteiger partial charge on any atom is 0.223 e. The van der Waals surface area contributed by atoms with Crippen molar-refractivity contribution < 1.29 is 4.79 Å². The Bertz CT molecular complexity index is 129. The van der Waals surface area contributed by atoms with Gasteiger partial charge in [0.25, 0.3) is 0 Å². The van der Waals surface area contributed by atoms with E-state index in [1.807, 2.05) is 48.6 Å². The Morgan fingerprint density at radius 3 is 1.67 bits per heavy atom. The summed E-state index contributed by atoms with van der Waals surface area (Å²) in [7, 11) is 1.86. The zero-order valence-corrected chi connectivity index (χ0v) is 12.6. The van der Waals surface area contributed by atoms with Gasteiger partial charge < -0.3 is 4.90 Å². The van der Waals surface area contributed by atoms with Gasteiger partial charge in [-0.2, -0.15) is 11.8 Å². The molecule has 1 atom stereocenters. The van der Waals surface area contributed by atoms with Crippen LogP contribution in [0.2, 0.25) is 0 Å². The van der Waals surface area contributed by atoms with E-state index < -0.39 is 0 Å². The van der Waals surface area contributed by atoms with Gasteiger partial charge >= 0.3 is 0 Å². The Hall–Kier alpha value is -0.180. The molecule has 0 aromatic carbocycles. The fourth-order valence-electron chi connectivity index (χ4n) is 0.980. The summed E-state index contributed by atoms with van der Waals surface area (Å²) in [4.78, 5) is 12.6. The summed E-state index contributed by atoms with van der Waals surface area (Å²) in [5.41, 5.74) is 0. The van der Waals surface area contributed by atoms with Crippen LogP contribution in [-0.2, 0) is 4.79 Å². The lowest BCUT2D eigenvalue weighted by Gasteiger charge is -2.06. The first-order valence-corrected chi connectivity index (χ1v) is 7.29. The third kappa shape index (κ3) is 10.1. The van der Waals surface area contributed by atoms with Gasteiger partial charge in [-0.05, 0) is 6.26 Å². The molecule has 1 saturated heterocycles. The summed E-state index contributed by atoms with van der Waals surface area (Å²) in [5.74, 6) is 0.286. The summed E-state index contributed by atoms with van der Waals surface area (Å²) < 4.78 is 0. The topological polar surface area (TPSA) is 20.3 Å². The summed E-state index contributed by atoms with van der Waals surface area (Å²) in [5, 5.41) is 0.544. The molecule has 3 heteroatoms. The third-order valence-corrected chi connectivity index (χ3v) is 2.62. The number of carbonyl (C=O) groups excluding carboxylic acids is 1. The molecular weight excluding hydrogens is 206 g/mol. The molecule has 0 aromatic heterocycles. The number of likely N-dealkylation sites (tertiary alicyclic amines) is 1. The first-order valence-electron chi connectivity index (χ1n) is 6.01. The van der Waals surface area contributed by atoms with Crippen LogP contribution >= 0.6 is 11.8 Å². The molecule has 1 rings (SSSR count). The van der Waals surface area contributed by atoms with Crippen LogP contribution in [0, 0.1) is 0 Å². The molecule has 1 aliphatic heterocycles. The van der Waals surface area contributed by atoms with Crippen molar-refractivity contribution in [3.8, 4) is 0 Å². The van der Waals surface area contributed by atoms with Gasteiger partial charge in [0.05, 0.1) is 0 Å². The second-order valence-corrected chi connectivity index (χ2v) is 3.47. The van der Waals surface area contributed by atoms with E-state index in [1.54, 1.807) is 16.7 Å². The van der Waals surface area contributed by atoms with E-state index in [1.165, 1.54) is 0 Å². The highest BCUT2D eigenvalue weighted by molar-refractivity contribution is 7.99. The molecule has 0 aromatic rings. The number of nitrogens with zero attached hydrogens (tertiary/aromatic N) is 1. The minimum atomic E-state index is 0.286. The maximum absolute atomic E-state index is 10.9. The smallest absolute Gasteiger partial charge is 0.223 e. The molecule has 0 bridgehead atoms. The van der Waals surface area contributed by atoms with Crippen molar-refractivity contribution in [2.24, 2.45) is 0 Å². The second kappa shape index (κ2) is 16.3. The van der Waals surface area contributed by atoms with E-state index in [9.17, 15) is 4.79 Å². The van der Waals surface area contributed by atoms with Crippen LogP contribution in [0.5, 0.6) is 0 Å². The molecule has 15 heavy (non-hydrogen) atoms. The number of carbonyl (C=O) groups is 1. The van der Waals surface area contributed by atoms with Crippen molar-refractivity contribution in [1.82, 2.24) is 4.90 Å². The van der Waals surface area contributed by atoms with E-state index in [0.29, 0.717) is 5.25 Å². The van der Waals surface area contributed by atoms with E-state index in [-0.39, 0.29) is 5.91 Å². The number of amides is 1. The van der Waals surface area contributed by atoms with Crippen LogP contribution in [0.4, 0.5) is 0 Å². The molecule has 2 nitrogen and oxygen atoms in total. The average molecular weight is 235 g/mol. The highest BCUT2D eigenvalue weighted by Gasteiger charge is 2.25. The molecule has 0 aliphatic carbocycles. The normalized spacial score (nSPS) is 17.7. The molecule has 1 unspecified atom stereocenters. The van der Waals surface area contributed by atoms with Gasteiger partial charge in [0, 0.05) is 25.3 Å². The first-order chi connectivity index (χ1) is 7.24. The minimum Gasteiger partial charge on any atom is -0.345 e. The van der Waals surface area contributed by atoms with Gasteiger partial charge in [0.2, 0.25) is 5.91 Å². The average Bonchev–Trinajstić information content (AvgIpc) is 2.67. The molecule has 1 fully saturated rings. The van der Waals surface area contributed by atoms with Gasteiger partial charge in [-0.1, -0.05) is 41.5 Å². The lowest BCUT2D eigenvalue weighted by atomic mass is 10.4. The summed E-state index contributed by atoms with van der Waals surface area (Å²) in [6.45, 7) is 12.9. The summed E-state index contributed by atoms with van der Waals surface area (Å²) in [6, 6.07) is 0. The SMILES string of the molecule is CC.CC.CC.CSC1CC(=O)N(C)C1. The molecule has 94 valence electrons. The number of thioether (sulfide) groups is 1. The van der Waals surface area contributed by atoms with E-state index in [0.717, 1.165) is 13.0 Å². The molecule has 0 radical (unpaired) electrons. The molecular formula is C12H29NOS. The predicted molar refractivity (Wildman–Crippen MR) is 73.6 cm³/mol. The van der Waals surface area contributed by atoms with Gasteiger partial charge in [0.15, 0.2) is 0 Å². The van der Waals surface area contributed by atoms with Crippen LogP contribution in [0.25, 0.3) is 0 Å². The Morgan fingerprint density at radius 1 is 1.13 bits per heavy atom. The van der Waals surface area contributed by atoms with Gasteiger partial charge in [-0.3, -0.25) is 4.79 Å². The summed E-state index contributed by atoms with van der Waals surface area (Å²) >= 11 is 1.78. The molecule has 1 amide bonds. The fraction of sp³-hybridized carbons (Fsp3) is 0.917. The monoisotopic (exact) mass is 235 g/mol. The van der Waals surface area contributed by atoms with Crippen LogP contribution in [0.1, 0.15) is 48.0 Å². The van der Waals surface area contributed by atoms with Crippen molar-refractivity contribution in [3.63, 3.8) is 0 Å². The standard InChI is InChI=1S/C6H11NOS.3C2H6/c1-7-4-5(9-2)3-6(7)8;3*1-2/h5H,3-4H2,1-2H3;3*1-2H3. The summed E-state index contributed by atoms with van der Waals surface area (Å²) in [6.07, 6.45) is 2.79. The van der Waals surface area contributed by atoms with Gasteiger partial charge in [-0.25, -0.2) is 0 Å². The van der Waals surface area contributed by atoms with Crippen LogP contribution in [0.15, 0.2) is 0 Å². The molecule has 0 saturated carbocycles. The quantitative estimate of drug-likeness (QED) is 0.691. The number of hydrogen-bond acceptors (Lipinski definition) is 2. The van der Waals surface area contributed by atoms with Gasteiger partial charge in [-0.15, -0.1) is 0 Å². The zero-order chi connectivity index (χ0) is 12.9. The highest BCUT2D eigenvalue weighted by atomic mass is 32.2. The Kier molecular flexibility index (Phi) is 22.0. The number of rotatable bonds is 1. The molecule has 1 aliphatic rings. The van der Waals surface area contributed by atoms with E-state index in [4.69, 9.17) is 0 Å². The van der Waals surface area contributed by atoms with Crippen molar-refractivity contribution in [2.75, 3.05) is 19.8 Å². The molecule has 1 heterocycles. The Morgan fingerprint density at radius 2 is 1.53 bits per heavy atom. The van der Waals surface area contributed by atoms with Gasteiger partial charge in [0.1, 0.15) is 0 Å². The maximum atomic E-state index is 10.9. The lowest BCUT2D eigenvalue weighted by molar-refractivity contribution is -0.126. The minimum absolute atomic E-state index is 0.286. The van der Waals surface area contributed by atoms with E-state index in [2.05, 4.69) is 6.26 Å². The molecule has 0 N–H and O–H groups in total. The van der Waals surface area contributed by atoms with Crippen molar-refractivity contribution in [3.05, 3.63) is 0 Å². The van der Waals surface area contributed by atoms with Crippen molar-refractivity contribution in [1.29, 1.82) is 0 Å². The lowest BCUT2D eigenvalue weighted by Crippen LogP contribution is -2.19. The first kappa shape index (κ1) is 20.3. The fourth-order valence-corrected chi connectivity index (χ4v) is 1.66.